The highest BCUT2D eigenvalue weighted by Gasteiger charge is 2.30. The Hall–Kier alpha value is -1.94. The number of hydrogen-bond donors (Lipinski definition) is 3. The zero-order valence-electron chi connectivity index (χ0n) is 58.4. The summed E-state index contributed by atoms with van der Waals surface area (Å²) in [4.78, 5) is 72.2. The van der Waals surface area contributed by atoms with E-state index in [0.29, 0.717) is 25.7 Å². The first-order chi connectivity index (χ1) is 43.4. The van der Waals surface area contributed by atoms with Gasteiger partial charge in [-0.1, -0.05) is 311 Å². The van der Waals surface area contributed by atoms with Crippen LogP contribution in [0.4, 0.5) is 0 Å². The summed E-state index contributed by atoms with van der Waals surface area (Å²) in [6.07, 6.45) is 49.0. The van der Waals surface area contributed by atoms with Gasteiger partial charge in [0.25, 0.3) is 0 Å². The van der Waals surface area contributed by atoms with Gasteiger partial charge in [-0.3, -0.25) is 37.3 Å². The van der Waals surface area contributed by atoms with Gasteiger partial charge in [0.05, 0.1) is 26.4 Å². The molecule has 0 heterocycles. The van der Waals surface area contributed by atoms with Crippen molar-refractivity contribution in [3.63, 3.8) is 0 Å². The molecule has 90 heavy (non-hydrogen) atoms. The minimum atomic E-state index is -4.95. The van der Waals surface area contributed by atoms with E-state index in [1.807, 2.05) is 0 Å². The predicted octanol–water partition coefficient (Wildman–Crippen LogP) is 20.4. The third kappa shape index (κ3) is 63.5. The largest absolute Gasteiger partial charge is 0.472 e. The molecule has 0 saturated carbocycles. The lowest BCUT2D eigenvalue weighted by Crippen LogP contribution is -2.30. The number of aliphatic hydroxyl groups excluding tert-OH is 1. The van der Waals surface area contributed by atoms with Crippen molar-refractivity contribution in [1.29, 1.82) is 0 Å². The van der Waals surface area contributed by atoms with E-state index in [-0.39, 0.29) is 25.7 Å². The van der Waals surface area contributed by atoms with Crippen LogP contribution in [0.3, 0.4) is 0 Å². The first-order valence-corrected chi connectivity index (χ1v) is 40.0. The second kappa shape index (κ2) is 63.1. The topological polar surface area (TPSA) is 237 Å². The summed E-state index contributed by atoms with van der Waals surface area (Å²) in [6, 6.07) is 0. The number of hydrogen-bond acceptors (Lipinski definition) is 15. The van der Waals surface area contributed by atoms with Crippen LogP contribution >= 0.6 is 15.6 Å². The van der Waals surface area contributed by atoms with Crippen LogP contribution in [-0.2, 0) is 65.4 Å². The molecule has 0 rings (SSSR count). The Morgan fingerprint density at radius 3 is 0.844 bits per heavy atom. The van der Waals surface area contributed by atoms with Crippen LogP contribution in [0.1, 0.15) is 363 Å². The molecule has 0 saturated heterocycles. The first-order valence-electron chi connectivity index (χ1n) is 37.0. The van der Waals surface area contributed by atoms with Crippen molar-refractivity contribution in [1.82, 2.24) is 0 Å². The Balaban J connectivity index is 5.10. The van der Waals surface area contributed by atoms with Gasteiger partial charge in [0.1, 0.15) is 19.3 Å². The number of phosphoric acid groups is 2. The lowest BCUT2D eigenvalue weighted by molar-refractivity contribution is -0.161. The zero-order valence-corrected chi connectivity index (χ0v) is 60.2. The summed E-state index contributed by atoms with van der Waals surface area (Å²) in [7, 11) is -9.89. The van der Waals surface area contributed by atoms with E-state index >= 15 is 0 Å². The third-order valence-corrected chi connectivity index (χ3v) is 18.7. The molecule has 17 nitrogen and oxygen atoms in total. The highest BCUT2D eigenvalue weighted by molar-refractivity contribution is 7.47. The molecule has 0 aromatic rings. The van der Waals surface area contributed by atoms with E-state index in [9.17, 15) is 43.2 Å². The molecule has 3 N–H and O–H groups in total. The molecule has 0 aromatic carbocycles. The van der Waals surface area contributed by atoms with Crippen molar-refractivity contribution in [2.45, 2.75) is 381 Å². The molecule has 0 aliphatic rings. The molecular formula is C71H138O17P2. The van der Waals surface area contributed by atoms with E-state index in [1.165, 1.54) is 154 Å². The van der Waals surface area contributed by atoms with Gasteiger partial charge in [-0.15, -0.1) is 0 Å². The Morgan fingerprint density at radius 2 is 0.567 bits per heavy atom. The monoisotopic (exact) mass is 1320 g/mol. The Morgan fingerprint density at radius 1 is 0.322 bits per heavy atom. The number of aliphatic hydroxyl groups is 1. The SMILES string of the molecule is CCCCCCCCCC(=O)OC[C@H](COP(=O)(O)OC[C@H](O)COP(=O)(O)OC[C@@H](COC(=O)CCCCCCCCCCCCCC(C)C)OC(=O)CCCCCCCCCCCCCCCCCCCCC(C)CC)OC(=O)CCCCCCCCC. The Bertz CT molecular complexity index is 1750. The van der Waals surface area contributed by atoms with Gasteiger partial charge < -0.3 is 33.8 Å². The number of esters is 4. The van der Waals surface area contributed by atoms with Crippen molar-refractivity contribution in [2.75, 3.05) is 39.6 Å². The Labute approximate surface area is 549 Å². The third-order valence-electron chi connectivity index (χ3n) is 16.8. The van der Waals surface area contributed by atoms with Crippen LogP contribution in [-0.4, -0.2) is 96.7 Å². The Kier molecular flexibility index (Phi) is 61.8. The summed E-state index contributed by atoms with van der Waals surface area (Å²) in [5, 5.41) is 10.5. The number of unbranched alkanes of at least 4 members (excludes halogenated alkanes) is 39. The van der Waals surface area contributed by atoms with Gasteiger partial charge in [0.2, 0.25) is 0 Å². The molecule has 19 heteroatoms. The quantitative estimate of drug-likeness (QED) is 0.0222. The maximum atomic E-state index is 13.0. The number of ether oxygens (including phenoxy) is 4. The number of rotatable bonds is 70. The molecule has 0 aromatic heterocycles. The van der Waals surface area contributed by atoms with Crippen LogP contribution < -0.4 is 0 Å². The maximum absolute atomic E-state index is 13.0. The summed E-state index contributed by atoms with van der Waals surface area (Å²) in [5.74, 6) is -0.491. The molecule has 3 unspecified atom stereocenters. The van der Waals surface area contributed by atoms with E-state index in [4.69, 9.17) is 37.0 Å². The molecule has 0 aliphatic carbocycles. The molecule has 0 spiro atoms. The maximum Gasteiger partial charge on any atom is 0.472 e. The number of carbonyl (C=O) groups excluding carboxylic acids is 4. The lowest BCUT2D eigenvalue weighted by Gasteiger charge is -2.21. The minimum Gasteiger partial charge on any atom is -0.462 e. The van der Waals surface area contributed by atoms with Crippen molar-refractivity contribution in [3.8, 4) is 0 Å². The average molecular weight is 1330 g/mol. The van der Waals surface area contributed by atoms with Gasteiger partial charge in [-0.2, -0.15) is 0 Å². The predicted molar refractivity (Wildman–Crippen MR) is 363 cm³/mol. The number of carbonyl (C=O) groups is 4. The average Bonchev–Trinajstić information content (AvgIpc) is 3.47. The van der Waals surface area contributed by atoms with Gasteiger partial charge in [0.15, 0.2) is 12.2 Å². The molecule has 0 radical (unpaired) electrons. The second-order valence-corrected chi connectivity index (χ2v) is 29.3. The van der Waals surface area contributed by atoms with E-state index in [2.05, 4.69) is 41.5 Å². The fraction of sp³-hybridized carbons (Fsp3) is 0.944. The summed E-state index contributed by atoms with van der Waals surface area (Å²) >= 11 is 0. The van der Waals surface area contributed by atoms with E-state index < -0.39 is 97.5 Å². The second-order valence-electron chi connectivity index (χ2n) is 26.3. The fourth-order valence-corrected chi connectivity index (χ4v) is 12.3. The van der Waals surface area contributed by atoms with E-state index in [1.54, 1.807) is 0 Å². The summed E-state index contributed by atoms with van der Waals surface area (Å²) in [6.45, 7) is 9.54. The smallest absolute Gasteiger partial charge is 0.462 e. The molecule has 6 atom stereocenters. The minimum absolute atomic E-state index is 0.103. The normalized spacial score (nSPS) is 14.4. The van der Waals surface area contributed by atoms with Crippen molar-refractivity contribution < 1.29 is 80.2 Å². The number of phosphoric ester groups is 2. The molecule has 0 amide bonds. The standard InChI is InChI=1S/C71H138O17P2/c1-7-10-12-14-33-41-47-53-68(73)81-59-66(87-70(75)55-49-43-34-15-13-11-8-2)61-85-89(77,78)83-57-65(72)58-84-90(79,80)86-62-67(60-82-69(74)54-48-42-37-31-28-24-25-29-35-39-45-51-63(4)5)88-71(76)56-50-44-38-32-27-23-21-19-17-16-18-20-22-26-30-36-40-46-52-64(6)9-3/h63-67,72H,7-62H2,1-6H3,(H,77,78)(H,79,80)/t64?,65-,66+,67+/m0/s1. The van der Waals surface area contributed by atoms with Crippen LogP contribution in [0, 0.1) is 11.8 Å². The summed E-state index contributed by atoms with van der Waals surface area (Å²) < 4.78 is 68.0. The first kappa shape index (κ1) is 88.1. The molecular weight excluding hydrogens is 1190 g/mol. The van der Waals surface area contributed by atoms with Crippen molar-refractivity contribution in [2.24, 2.45) is 11.8 Å². The summed E-state index contributed by atoms with van der Waals surface area (Å²) in [5.41, 5.74) is 0. The molecule has 0 aliphatic heterocycles. The van der Waals surface area contributed by atoms with Crippen molar-refractivity contribution >= 4 is 39.5 Å². The fourth-order valence-electron chi connectivity index (χ4n) is 10.7. The van der Waals surface area contributed by atoms with Gasteiger partial charge in [-0.25, -0.2) is 9.13 Å². The van der Waals surface area contributed by atoms with E-state index in [0.717, 1.165) is 127 Å². The van der Waals surface area contributed by atoms with Crippen LogP contribution in [0.5, 0.6) is 0 Å². The van der Waals surface area contributed by atoms with Gasteiger partial charge >= 0.3 is 39.5 Å². The van der Waals surface area contributed by atoms with Crippen LogP contribution in [0.15, 0.2) is 0 Å². The van der Waals surface area contributed by atoms with Crippen LogP contribution in [0.25, 0.3) is 0 Å². The molecule has 0 bridgehead atoms. The molecule has 0 fully saturated rings. The van der Waals surface area contributed by atoms with Gasteiger partial charge in [0, 0.05) is 25.7 Å². The van der Waals surface area contributed by atoms with Crippen LogP contribution in [0.2, 0.25) is 0 Å². The van der Waals surface area contributed by atoms with Gasteiger partial charge in [-0.05, 0) is 37.5 Å². The molecule has 534 valence electrons. The zero-order chi connectivity index (χ0) is 66.5. The highest BCUT2D eigenvalue weighted by atomic mass is 31.2. The lowest BCUT2D eigenvalue weighted by atomic mass is 9.99. The van der Waals surface area contributed by atoms with Crippen molar-refractivity contribution in [3.05, 3.63) is 0 Å². The highest BCUT2D eigenvalue weighted by Crippen LogP contribution is 2.45.